The number of aryl methyl sites for hydroxylation is 1. The Kier molecular flexibility index (Phi) is 5.41. The lowest BCUT2D eigenvalue weighted by Crippen LogP contribution is -2.13. The van der Waals surface area contributed by atoms with Crippen LogP contribution < -0.4 is 5.32 Å². The quantitative estimate of drug-likeness (QED) is 0.361. The second-order valence-corrected chi connectivity index (χ2v) is 8.72. The van der Waals surface area contributed by atoms with Crippen LogP contribution in [0.1, 0.15) is 25.6 Å². The number of esters is 1. The van der Waals surface area contributed by atoms with E-state index >= 15 is 0 Å². The minimum atomic E-state index is -0.500. The number of carbonyl (C=O) groups is 2. The number of benzene rings is 2. The zero-order chi connectivity index (χ0) is 20.5. The molecule has 0 aliphatic heterocycles. The first-order valence-corrected chi connectivity index (χ1v) is 10.8. The summed E-state index contributed by atoms with van der Waals surface area (Å²) in [6.45, 7) is 2.00. The minimum absolute atomic E-state index is 0.340. The highest BCUT2D eigenvalue weighted by atomic mass is 35.5. The Bertz CT molecular complexity index is 1220. The number of fused-ring (bicyclic) bond motifs is 1. The largest absolute Gasteiger partial charge is 0.465 e. The number of anilines is 1. The van der Waals surface area contributed by atoms with Crippen molar-refractivity contribution in [2.45, 2.75) is 6.92 Å². The maximum Gasteiger partial charge on any atom is 0.341 e. The molecule has 7 heteroatoms. The van der Waals surface area contributed by atoms with Crippen LogP contribution in [-0.4, -0.2) is 19.0 Å². The normalized spacial score (nSPS) is 10.9. The molecule has 2 aromatic carbocycles. The van der Waals surface area contributed by atoms with Crippen molar-refractivity contribution in [3.05, 3.63) is 74.9 Å². The Morgan fingerprint density at radius 1 is 1.07 bits per heavy atom. The van der Waals surface area contributed by atoms with E-state index < -0.39 is 5.97 Å². The van der Waals surface area contributed by atoms with Gasteiger partial charge in [-0.25, -0.2) is 4.79 Å². The predicted molar refractivity (Wildman–Crippen MR) is 121 cm³/mol. The molecular formula is C22H16ClNO3S2. The van der Waals surface area contributed by atoms with Crippen molar-refractivity contribution in [3.8, 4) is 11.1 Å². The van der Waals surface area contributed by atoms with Crippen LogP contribution in [0.4, 0.5) is 5.00 Å². The Labute approximate surface area is 180 Å². The molecule has 4 aromatic rings. The fourth-order valence-electron chi connectivity index (χ4n) is 3.02. The number of hydrogen-bond donors (Lipinski definition) is 1. The van der Waals surface area contributed by atoms with Crippen molar-refractivity contribution >= 4 is 61.2 Å². The van der Waals surface area contributed by atoms with Gasteiger partial charge in [-0.15, -0.1) is 22.7 Å². The number of thiophene rings is 2. The fourth-order valence-corrected chi connectivity index (χ4v) is 5.38. The first-order valence-electron chi connectivity index (χ1n) is 8.75. The molecule has 1 amide bonds. The number of rotatable bonds is 4. The molecule has 1 N–H and O–H groups in total. The Morgan fingerprint density at radius 3 is 2.48 bits per heavy atom. The van der Waals surface area contributed by atoms with Gasteiger partial charge in [-0.2, -0.15) is 0 Å². The van der Waals surface area contributed by atoms with E-state index in [1.54, 1.807) is 0 Å². The summed E-state index contributed by atoms with van der Waals surface area (Å²) in [5.74, 6) is -0.849. The van der Waals surface area contributed by atoms with E-state index in [4.69, 9.17) is 16.3 Å². The lowest BCUT2D eigenvalue weighted by molar-refractivity contribution is 0.0603. The molecule has 0 saturated carbocycles. The summed E-state index contributed by atoms with van der Waals surface area (Å²) in [7, 11) is 1.33. The van der Waals surface area contributed by atoms with Crippen LogP contribution in [0.3, 0.4) is 0 Å². The Morgan fingerprint density at radius 2 is 1.79 bits per heavy atom. The maximum absolute atomic E-state index is 12.9. The minimum Gasteiger partial charge on any atom is -0.465 e. The van der Waals surface area contributed by atoms with Crippen molar-refractivity contribution in [1.29, 1.82) is 0 Å². The smallest absolute Gasteiger partial charge is 0.341 e. The standard InChI is InChI=1S/C22H16ClNO3S2/c1-12-7-9-13(10-8-12)15-11-28-21(17(15)22(26)27-2)24-20(25)19-18(23)14-5-3-4-6-16(14)29-19/h3-11H,1-2H3,(H,24,25). The molecule has 29 heavy (non-hydrogen) atoms. The average Bonchev–Trinajstić information content (AvgIpc) is 3.29. The zero-order valence-corrected chi connectivity index (χ0v) is 18.0. The third-order valence-electron chi connectivity index (χ3n) is 4.51. The van der Waals surface area contributed by atoms with Crippen molar-refractivity contribution in [2.24, 2.45) is 0 Å². The van der Waals surface area contributed by atoms with Gasteiger partial charge in [0.1, 0.15) is 15.4 Å². The van der Waals surface area contributed by atoms with Gasteiger partial charge in [0.05, 0.1) is 12.1 Å². The number of ether oxygens (including phenoxy) is 1. The summed E-state index contributed by atoms with van der Waals surface area (Å²) in [5, 5.41) is 6.38. The first kappa shape index (κ1) is 19.6. The van der Waals surface area contributed by atoms with Crippen molar-refractivity contribution in [1.82, 2.24) is 0 Å². The number of carbonyl (C=O) groups excluding carboxylic acids is 2. The number of hydrogen-bond acceptors (Lipinski definition) is 5. The highest BCUT2D eigenvalue weighted by molar-refractivity contribution is 7.22. The predicted octanol–water partition coefficient (Wildman–Crippen LogP) is 6.63. The molecule has 0 bridgehead atoms. The third-order valence-corrected chi connectivity index (χ3v) is 7.08. The number of nitrogens with one attached hydrogen (secondary N) is 1. The molecule has 0 radical (unpaired) electrons. The molecule has 146 valence electrons. The van der Waals surface area contributed by atoms with E-state index in [2.05, 4.69) is 5.32 Å². The van der Waals surface area contributed by atoms with Gasteiger partial charge >= 0.3 is 5.97 Å². The fraction of sp³-hybridized carbons (Fsp3) is 0.0909. The van der Waals surface area contributed by atoms with Gasteiger partial charge in [-0.1, -0.05) is 59.6 Å². The zero-order valence-electron chi connectivity index (χ0n) is 15.6. The van der Waals surface area contributed by atoms with E-state index in [9.17, 15) is 9.59 Å². The third kappa shape index (κ3) is 3.67. The summed E-state index contributed by atoms with van der Waals surface area (Å²) in [5.41, 5.74) is 3.07. The van der Waals surface area contributed by atoms with Crippen LogP contribution in [0, 0.1) is 6.92 Å². The van der Waals surface area contributed by atoms with Crippen LogP contribution in [0.25, 0.3) is 21.2 Å². The summed E-state index contributed by atoms with van der Waals surface area (Å²) in [6, 6.07) is 15.4. The second kappa shape index (κ2) is 7.99. The molecule has 4 rings (SSSR count). The van der Waals surface area contributed by atoms with Gasteiger partial charge in [0.2, 0.25) is 0 Å². The lowest BCUT2D eigenvalue weighted by atomic mass is 10.0. The van der Waals surface area contributed by atoms with Crippen LogP contribution in [0.5, 0.6) is 0 Å². The SMILES string of the molecule is COC(=O)c1c(-c2ccc(C)cc2)csc1NC(=O)c1sc2ccccc2c1Cl. The van der Waals surface area contributed by atoms with Gasteiger partial charge in [0.25, 0.3) is 5.91 Å². The van der Waals surface area contributed by atoms with Gasteiger partial charge in [-0.3, -0.25) is 4.79 Å². The maximum atomic E-state index is 12.9. The molecule has 0 saturated heterocycles. The average molecular weight is 442 g/mol. The topological polar surface area (TPSA) is 55.4 Å². The summed E-state index contributed by atoms with van der Waals surface area (Å²) in [6.07, 6.45) is 0. The molecular weight excluding hydrogens is 426 g/mol. The highest BCUT2D eigenvalue weighted by Gasteiger charge is 2.24. The number of amides is 1. The van der Waals surface area contributed by atoms with Gasteiger partial charge in [0, 0.05) is 21.0 Å². The molecule has 2 aromatic heterocycles. The van der Waals surface area contributed by atoms with E-state index in [-0.39, 0.29) is 5.91 Å². The monoisotopic (exact) mass is 441 g/mol. The van der Waals surface area contributed by atoms with Crippen LogP contribution in [0.15, 0.2) is 53.9 Å². The lowest BCUT2D eigenvalue weighted by Gasteiger charge is -2.08. The summed E-state index contributed by atoms with van der Waals surface area (Å²) in [4.78, 5) is 25.8. The van der Waals surface area contributed by atoms with Crippen molar-refractivity contribution in [3.63, 3.8) is 0 Å². The molecule has 0 unspecified atom stereocenters. The molecule has 0 fully saturated rings. The first-order chi connectivity index (χ1) is 14.0. The molecule has 4 nitrogen and oxygen atoms in total. The van der Waals surface area contributed by atoms with E-state index in [0.29, 0.717) is 20.5 Å². The van der Waals surface area contributed by atoms with E-state index in [0.717, 1.165) is 26.8 Å². The highest BCUT2D eigenvalue weighted by Crippen LogP contribution is 2.39. The van der Waals surface area contributed by atoms with Gasteiger partial charge in [-0.05, 0) is 18.6 Å². The molecule has 0 aliphatic carbocycles. The molecule has 0 spiro atoms. The summed E-state index contributed by atoms with van der Waals surface area (Å²) < 4.78 is 5.91. The molecule has 2 heterocycles. The Balaban J connectivity index is 1.73. The molecule has 0 aliphatic rings. The molecule has 0 atom stereocenters. The van der Waals surface area contributed by atoms with Crippen LogP contribution in [0.2, 0.25) is 5.02 Å². The van der Waals surface area contributed by atoms with Crippen LogP contribution >= 0.6 is 34.3 Å². The second-order valence-electron chi connectivity index (χ2n) is 6.41. The number of halogens is 1. The van der Waals surface area contributed by atoms with Crippen molar-refractivity contribution < 1.29 is 14.3 Å². The summed E-state index contributed by atoms with van der Waals surface area (Å²) >= 11 is 9.03. The van der Waals surface area contributed by atoms with Gasteiger partial charge in [0.15, 0.2) is 0 Å². The van der Waals surface area contributed by atoms with E-state index in [1.807, 2.05) is 60.8 Å². The Hall–Kier alpha value is -2.67. The number of methoxy groups -OCH3 is 1. The van der Waals surface area contributed by atoms with Gasteiger partial charge < -0.3 is 10.1 Å². The van der Waals surface area contributed by atoms with Crippen molar-refractivity contribution in [2.75, 3.05) is 12.4 Å². The van der Waals surface area contributed by atoms with E-state index in [1.165, 1.54) is 29.8 Å². The van der Waals surface area contributed by atoms with Crippen LogP contribution in [-0.2, 0) is 4.74 Å².